The minimum absolute atomic E-state index is 0.147. The van der Waals surface area contributed by atoms with E-state index in [4.69, 9.17) is 0 Å². The number of aromatic nitrogens is 1. The summed E-state index contributed by atoms with van der Waals surface area (Å²) in [7, 11) is 0. The number of benzene rings is 1. The number of fused-ring (bicyclic) bond motifs is 1. The molecule has 0 unspecified atom stereocenters. The van der Waals surface area contributed by atoms with Crippen LogP contribution < -0.4 is 5.32 Å². The number of carbonyl (C=O) groups is 1. The quantitative estimate of drug-likeness (QED) is 0.778. The van der Waals surface area contributed by atoms with Crippen LogP contribution in [0.5, 0.6) is 0 Å². The molecule has 0 aliphatic rings. The van der Waals surface area contributed by atoms with Crippen molar-refractivity contribution in [2.75, 3.05) is 0 Å². The summed E-state index contributed by atoms with van der Waals surface area (Å²) in [5, 5.41) is 6.80. The molecule has 0 spiro atoms. The van der Waals surface area contributed by atoms with Crippen molar-refractivity contribution in [1.82, 2.24) is 10.3 Å². The number of amides is 1. The van der Waals surface area contributed by atoms with Crippen molar-refractivity contribution in [3.63, 3.8) is 0 Å². The Hall–Kier alpha value is -1.72. The standard InChI is InChI=1S/C15H11BrN2OS/c16-11-7-12(20-9-11)8-18-15(19)14-13-4-2-1-3-10(13)5-6-17-14/h1-7,9H,8H2,(H,18,19). The molecule has 1 N–H and O–H groups in total. The van der Waals surface area contributed by atoms with Gasteiger partial charge in [0.15, 0.2) is 0 Å². The van der Waals surface area contributed by atoms with Gasteiger partial charge in [0, 0.05) is 26.3 Å². The molecule has 100 valence electrons. The molecule has 0 atom stereocenters. The van der Waals surface area contributed by atoms with Gasteiger partial charge in [-0.1, -0.05) is 24.3 Å². The number of hydrogen-bond donors (Lipinski definition) is 1. The molecule has 0 radical (unpaired) electrons. The molecular weight excluding hydrogens is 336 g/mol. The summed E-state index contributed by atoms with van der Waals surface area (Å²) in [4.78, 5) is 17.6. The first kappa shape index (κ1) is 13.3. The summed E-state index contributed by atoms with van der Waals surface area (Å²) >= 11 is 5.01. The summed E-state index contributed by atoms with van der Waals surface area (Å²) in [5.74, 6) is -0.147. The molecule has 2 aromatic heterocycles. The van der Waals surface area contributed by atoms with Crippen LogP contribution in [0, 0.1) is 0 Å². The van der Waals surface area contributed by atoms with Gasteiger partial charge >= 0.3 is 0 Å². The van der Waals surface area contributed by atoms with E-state index in [-0.39, 0.29) is 5.91 Å². The molecule has 0 aliphatic heterocycles. The second-order valence-electron chi connectivity index (χ2n) is 4.29. The number of nitrogens with zero attached hydrogens (tertiary/aromatic N) is 1. The van der Waals surface area contributed by atoms with Gasteiger partial charge in [0.1, 0.15) is 5.69 Å². The molecule has 5 heteroatoms. The first-order valence-corrected chi connectivity index (χ1v) is 7.76. The van der Waals surface area contributed by atoms with Crippen LogP contribution in [0.4, 0.5) is 0 Å². The van der Waals surface area contributed by atoms with Crippen LogP contribution in [0.1, 0.15) is 15.4 Å². The first-order valence-electron chi connectivity index (χ1n) is 6.09. The molecular formula is C15H11BrN2OS. The predicted octanol–water partition coefficient (Wildman–Crippen LogP) is 3.99. The molecule has 1 amide bonds. The summed E-state index contributed by atoms with van der Waals surface area (Å²) in [6.45, 7) is 0.514. The zero-order valence-electron chi connectivity index (χ0n) is 10.5. The zero-order valence-corrected chi connectivity index (χ0v) is 12.9. The highest BCUT2D eigenvalue weighted by atomic mass is 79.9. The van der Waals surface area contributed by atoms with Crippen LogP contribution in [0.25, 0.3) is 10.8 Å². The number of hydrogen-bond acceptors (Lipinski definition) is 3. The topological polar surface area (TPSA) is 42.0 Å². The lowest BCUT2D eigenvalue weighted by molar-refractivity contribution is 0.0948. The molecule has 0 bridgehead atoms. The first-order chi connectivity index (χ1) is 9.74. The lowest BCUT2D eigenvalue weighted by Gasteiger charge is -2.06. The lowest BCUT2D eigenvalue weighted by atomic mass is 10.1. The van der Waals surface area contributed by atoms with Crippen LogP contribution in [0.3, 0.4) is 0 Å². The number of halogens is 1. The molecule has 0 aliphatic carbocycles. The lowest BCUT2D eigenvalue weighted by Crippen LogP contribution is -2.23. The highest BCUT2D eigenvalue weighted by Gasteiger charge is 2.11. The van der Waals surface area contributed by atoms with Crippen molar-refractivity contribution in [1.29, 1.82) is 0 Å². The van der Waals surface area contributed by atoms with Crippen molar-refractivity contribution < 1.29 is 4.79 Å². The number of carbonyl (C=O) groups excluding carboxylic acids is 1. The third-order valence-electron chi connectivity index (χ3n) is 2.93. The van der Waals surface area contributed by atoms with Gasteiger partial charge in [-0.3, -0.25) is 9.78 Å². The monoisotopic (exact) mass is 346 g/mol. The normalized spacial score (nSPS) is 10.7. The second-order valence-corrected chi connectivity index (χ2v) is 6.21. The Bertz CT molecular complexity index is 764. The summed E-state index contributed by atoms with van der Waals surface area (Å²) in [5.41, 5.74) is 0.471. The number of thiophene rings is 1. The molecule has 20 heavy (non-hydrogen) atoms. The highest BCUT2D eigenvalue weighted by molar-refractivity contribution is 9.10. The van der Waals surface area contributed by atoms with Gasteiger partial charge in [0.25, 0.3) is 5.91 Å². The molecule has 3 nitrogen and oxygen atoms in total. The number of nitrogens with one attached hydrogen (secondary N) is 1. The van der Waals surface area contributed by atoms with Gasteiger partial charge in [-0.15, -0.1) is 11.3 Å². The Morgan fingerprint density at radius 2 is 2.15 bits per heavy atom. The van der Waals surface area contributed by atoms with Gasteiger partial charge in [0.05, 0.1) is 6.54 Å². The van der Waals surface area contributed by atoms with E-state index in [0.29, 0.717) is 12.2 Å². The van der Waals surface area contributed by atoms with E-state index in [2.05, 4.69) is 26.2 Å². The fourth-order valence-corrected chi connectivity index (χ4v) is 3.39. The van der Waals surface area contributed by atoms with E-state index in [1.165, 1.54) is 0 Å². The maximum Gasteiger partial charge on any atom is 0.270 e. The van der Waals surface area contributed by atoms with Crippen molar-refractivity contribution in [2.45, 2.75) is 6.54 Å². The molecule has 3 rings (SSSR count). The maximum absolute atomic E-state index is 12.3. The largest absolute Gasteiger partial charge is 0.346 e. The predicted molar refractivity (Wildman–Crippen MR) is 84.9 cm³/mol. The molecule has 0 saturated heterocycles. The minimum atomic E-state index is -0.147. The Balaban J connectivity index is 1.82. The Kier molecular flexibility index (Phi) is 3.80. The van der Waals surface area contributed by atoms with Crippen molar-refractivity contribution in [3.05, 3.63) is 63.0 Å². The third-order valence-corrected chi connectivity index (χ3v) is 4.63. The van der Waals surface area contributed by atoms with Crippen LogP contribution in [-0.2, 0) is 6.54 Å². The minimum Gasteiger partial charge on any atom is -0.346 e. The van der Waals surface area contributed by atoms with Crippen LogP contribution in [-0.4, -0.2) is 10.9 Å². The van der Waals surface area contributed by atoms with Crippen molar-refractivity contribution >= 4 is 43.9 Å². The molecule has 2 heterocycles. The second kappa shape index (κ2) is 5.73. The fourth-order valence-electron chi connectivity index (χ4n) is 2.00. The maximum atomic E-state index is 12.3. The Labute approximate surface area is 128 Å². The van der Waals surface area contributed by atoms with Gasteiger partial charge in [-0.05, 0) is 33.4 Å². The SMILES string of the molecule is O=C(NCc1cc(Br)cs1)c1nccc2ccccc12. The molecule has 0 saturated carbocycles. The van der Waals surface area contributed by atoms with Crippen molar-refractivity contribution in [2.24, 2.45) is 0 Å². The van der Waals surface area contributed by atoms with Crippen LogP contribution in [0.2, 0.25) is 0 Å². The average molecular weight is 347 g/mol. The molecule has 1 aromatic carbocycles. The summed E-state index contributed by atoms with van der Waals surface area (Å²) in [6, 6.07) is 11.7. The van der Waals surface area contributed by atoms with E-state index in [0.717, 1.165) is 20.1 Å². The third kappa shape index (κ3) is 2.73. The van der Waals surface area contributed by atoms with Gasteiger partial charge in [-0.25, -0.2) is 0 Å². The number of rotatable bonds is 3. The smallest absolute Gasteiger partial charge is 0.270 e. The Morgan fingerprint density at radius 3 is 2.95 bits per heavy atom. The van der Waals surface area contributed by atoms with Gasteiger partial charge in [0.2, 0.25) is 0 Å². The zero-order chi connectivity index (χ0) is 13.9. The number of pyridine rings is 1. The van der Waals surface area contributed by atoms with E-state index in [1.807, 2.05) is 41.8 Å². The molecule has 3 aromatic rings. The van der Waals surface area contributed by atoms with E-state index in [9.17, 15) is 4.79 Å². The van der Waals surface area contributed by atoms with Gasteiger partial charge < -0.3 is 5.32 Å². The highest BCUT2D eigenvalue weighted by Crippen LogP contribution is 2.20. The van der Waals surface area contributed by atoms with Crippen LogP contribution >= 0.6 is 27.3 Å². The summed E-state index contributed by atoms with van der Waals surface area (Å²) < 4.78 is 1.04. The van der Waals surface area contributed by atoms with E-state index < -0.39 is 0 Å². The summed E-state index contributed by atoms with van der Waals surface area (Å²) in [6.07, 6.45) is 1.67. The molecule has 0 fully saturated rings. The van der Waals surface area contributed by atoms with E-state index in [1.54, 1.807) is 17.5 Å². The average Bonchev–Trinajstić information content (AvgIpc) is 2.90. The van der Waals surface area contributed by atoms with Crippen molar-refractivity contribution in [3.8, 4) is 0 Å². The van der Waals surface area contributed by atoms with E-state index >= 15 is 0 Å². The fraction of sp³-hybridized carbons (Fsp3) is 0.0667. The van der Waals surface area contributed by atoms with Gasteiger partial charge in [-0.2, -0.15) is 0 Å². The van der Waals surface area contributed by atoms with Crippen LogP contribution in [0.15, 0.2) is 52.4 Å². The Morgan fingerprint density at radius 1 is 1.30 bits per heavy atom.